The Morgan fingerprint density at radius 3 is 2.74 bits per heavy atom. The average Bonchev–Trinajstić information content (AvgIpc) is 2.86. The third-order valence-corrected chi connectivity index (χ3v) is 4.25. The van der Waals surface area contributed by atoms with Gasteiger partial charge in [-0.25, -0.2) is 4.39 Å². The number of nitrogens with one attached hydrogen (secondary N) is 2. The number of benzene rings is 1. The van der Waals surface area contributed by atoms with Crippen LogP contribution >= 0.6 is 0 Å². The smallest absolute Gasteiger partial charge is 0.224 e. The van der Waals surface area contributed by atoms with Crippen molar-refractivity contribution in [2.75, 3.05) is 6.54 Å². The van der Waals surface area contributed by atoms with Gasteiger partial charge in [0, 0.05) is 29.1 Å². The molecule has 0 saturated carbocycles. The number of hydrogen-bond acceptors (Lipinski definition) is 2. The van der Waals surface area contributed by atoms with E-state index in [-0.39, 0.29) is 24.1 Å². The van der Waals surface area contributed by atoms with Crippen LogP contribution in [-0.4, -0.2) is 28.6 Å². The Hall–Kier alpha value is -1.88. The molecule has 1 unspecified atom stereocenters. The molecule has 0 aliphatic rings. The van der Waals surface area contributed by atoms with Crippen LogP contribution in [0.2, 0.25) is 0 Å². The molecule has 1 atom stereocenters. The lowest BCUT2D eigenvalue weighted by Crippen LogP contribution is -2.43. The van der Waals surface area contributed by atoms with E-state index >= 15 is 0 Å². The van der Waals surface area contributed by atoms with Crippen molar-refractivity contribution in [1.29, 1.82) is 0 Å². The Bertz CT molecular complexity index is 691. The second-order valence-electron chi connectivity index (χ2n) is 7.13. The molecule has 0 spiro atoms. The predicted molar refractivity (Wildman–Crippen MR) is 89.6 cm³/mol. The van der Waals surface area contributed by atoms with Crippen molar-refractivity contribution in [3.05, 3.63) is 35.8 Å². The lowest BCUT2D eigenvalue weighted by Gasteiger charge is -2.33. The SMILES string of the molecule is CC(C)C(O)C(C)(C)CNC(=O)Cc1c[nH]c2cc(F)ccc12. The summed E-state index contributed by atoms with van der Waals surface area (Å²) in [4.78, 5) is 15.2. The first kappa shape index (κ1) is 17.5. The van der Waals surface area contributed by atoms with Crippen LogP contribution in [0.5, 0.6) is 0 Å². The second-order valence-corrected chi connectivity index (χ2v) is 7.13. The van der Waals surface area contributed by atoms with Gasteiger partial charge in [0.15, 0.2) is 0 Å². The normalized spacial score (nSPS) is 13.5. The molecule has 4 nitrogen and oxygen atoms in total. The van der Waals surface area contributed by atoms with Gasteiger partial charge in [-0.1, -0.05) is 27.7 Å². The number of carbonyl (C=O) groups is 1. The fourth-order valence-corrected chi connectivity index (χ4v) is 2.87. The molecule has 1 amide bonds. The lowest BCUT2D eigenvalue weighted by atomic mass is 9.80. The highest BCUT2D eigenvalue weighted by atomic mass is 19.1. The minimum absolute atomic E-state index is 0.112. The standard InChI is InChI=1S/C18H25FN2O2/c1-11(2)17(23)18(3,4)10-21-16(22)7-12-9-20-15-8-13(19)5-6-14(12)15/h5-6,8-9,11,17,20,23H,7,10H2,1-4H3,(H,21,22). The Labute approximate surface area is 136 Å². The molecule has 3 N–H and O–H groups in total. The highest BCUT2D eigenvalue weighted by Gasteiger charge is 2.30. The molecule has 2 rings (SSSR count). The first-order valence-electron chi connectivity index (χ1n) is 7.91. The molecule has 1 heterocycles. The van der Waals surface area contributed by atoms with Crippen LogP contribution in [-0.2, 0) is 11.2 Å². The van der Waals surface area contributed by atoms with Gasteiger partial charge in [-0.2, -0.15) is 0 Å². The van der Waals surface area contributed by atoms with Crippen LogP contribution in [0, 0.1) is 17.2 Å². The van der Waals surface area contributed by atoms with Gasteiger partial charge in [0.05, 0.1) is 12.5 Å². The number of aliphatic hydroxyl groups is 1. The van der Waals surface area contributed by atoms with E-state index in [1.54, 1.807) is 12.3 Å². The summed E-state index contributed by atoms with van der Waals surface area (Å²) in [5.74, 6) is -0.288. The molecule has 2 aromatic rings. The van der Waals surface area contributed by atoms with Crippen LogP contribution in [0.25, 0.3) is 10.9 Å². The highest BCUT2D eigenvalue weighted by Crippen LogP contribution is 2.25. The third kappa shape index (κ3) is 4.10. The van der Waals surface area contributed by atoms with E-state index < -0.39 is 11.5 Å². The Balaban J connectivity index is 1.99. The van der Waals surface area contributed by atoms with Crippen molar-refractivity contribution in [2.24, 2.45) is 11.3 Å². The van der Waals surface area contributed by atoms with E-state index in [0.29, 0.717) is 12.1 Å². The van der Waals surface area contributed by atoms with E-state index in [1.807, 2.05) is 27.7 Å². The van der Waals surface area contributed by atoms with Gasteiger partial charge in [0.1, 0.15) is 5.82 Å². The fraction of sp³-hybridized carbons (Fsp3) is 0.500. The molecule has 0 aliphatic carbocycles. The van der Waals surface area contributed by atoms with Crippen molar-refractivity contribution < 1.29 is 14.3 Å². The van der Waals surface area contributed by atoms with Crippen molar-refractivity contribution in [3.8, 4) is 0 Å². The number of H-pyrrole nitrogens is 1. The van der Waals surface area contributed by atoms with E-state index in [4.69, 9.17) is 0 Å². The number of halogens is 1. The highest BCUT2D eigenvalue weighted by molar-refractivity contribution is 5.88. The van der Waals surface area contributed by atoms with Crippen molar-refractivity contribution in [2.45, 2.75) is 40.2 Å². The van der Waals surface area contributed by atoms with Gasteiger partial charge >= 0.3 is 0 Å². The summed E-state index contributed by atoms with van der Waals surface area (Å²) < 4.78 is 13.2. The number of hydrogen-bond donors (Lipinski definition) is 3. The monoisotopic (exact) mass is 320 g/mol. The van der Waals surface area contributed by atoms with E-state index in [2.05, 4.69) is 10.3 Å². The molecular formula is C18H25FN2O2. The van der Waals surface area contributed by atoms with Crippen LogP contribution in [0.3, 0.4) is 0 Å². The van der Waals surface area contributed by atoms with Gasteiger partial charge in [-0.3, -0.25) is 4.79 Å². The quantitative estimate of drug-likeness (QED) is 0.766. The molecule has 23 heavy (non-hydrogen) atoms. The molecule has 0 bridgehead atoms. The number of carbonyl (C=O) groups excluding carboxylic acids is 1. The van der Waals surface area contributed by atoms with E-state index in [1.165, 1.54) is 12.1 Å². The molecule has 0 saturated heterocycles. The number of fused-ring (bicyclic) bond motifs is 1. The minimum Gasteiger partial charge on any atom is -0.392 e. The summed E-state index contributed by atoms with van der Waals surface area (Å²) >= 11 is 0. The maximum absolute atomic E-state index is 13.2. The summed E-state index contributed by atoms with van der Waals surface area (Å²) in [6.07, 6.45) is 1.47. The van der Waals surface area contributed by atoms with Crippen LogP contribution in [0.1, 0.15) is 33.3 Å². The van der Waals surface area contributed by atoms with Crippen molar-refractivity contribution in [1.82, 2.24) is 10.3 Å². The minimum atomic E-state index is -0.487. The van der Waals surface area contributed by atoms with E-state index in [0.717, 1.165) is 10.9 Å². The largest absolute Gasteiger partial charge is 0.392 e. The molecule has 5 heteroatoms. The summed E-state index contributed by atoms with van der Waals surface area (Å²) in [7, 11) is 0. The Morgan fingerprint density at radius 2 is 2.09 bits per heavy atom. The van der Waals surface area contributed by atoms with Crippen molar-refractivity contribution >= 4 is 16.8 Å². The van der Waals surface area contributed by atoms with Gasteiger partial charge in [0.25, 0.3) is 0 Å². The number of aromatic amines is 1. The fourth-order valence-electron chi connectivity index (χ4n) is 2.87. The maximum atomic E-state index is 13.2. The molecule has 1 aromatic heterocycles. The topological polar surface area (TPSA) is 65.1 Å². The molecule has 1 aromatic carbocycles. The second kappa shape index (κ2) is 6.71. The summed E-state index contributed by atoms with van der Waals surface area (Å²) in [6, 6.07) is 4.48. The molecular weight excluding hydrogens is 295 g/mol. The zero-order chi connectivity index (χ0) is 17.2. The average molecular weight is 320 g/mol. The number of rotatable bonds is 6. The molecule has 126 valence electrons. The molecule has 0 aliphatic heterocycles. The van der Waals surface area contributed by atoms with Gasteiger partial charge in [-0.05, 0) is 29.7 Å². The number of aromatic nitrogens is 1. The van der Waals surface area contributed by atoms with Gasteiger partial charge in [0.2, 0.25) is 5.91 Å². The lowest BCUT2D eigenvalue weighted by molar-refractivity contribution is -0.121. The van der Waals surface area contributed by atoms with Gasteiger partial charge < -0.3 is 15.4 Å². The Morgan fingerprint density at radius 1 is 1.39 bits per heavy atom. The predicted octanol–water partition coefficient (Wildman–Crippen LogP) is 3.01. The van der Waals surface area contributed by atoms with Crippen molar-refractivity contribution in [3.63, 3.8) is 0 Å². The zero-order valence-electron chi connectivity index (χ0n) is 14.1. The van der Waals surface area contributed by atoms with Gasteiger partial charge in [-0.15, -0.1) is 0 Å². The maximum Gasteiger partial charge on any atom is 0.224 e. The summed E-state index contributed by atoms with van der Waals surface area (Å²) in [5, 5.41) is 13.9. The Kier molecular flexibility index (Phi) is 5.09. The summed E-state index contributed by atoms with van der Waals surface area (Å²) in [6.45, 7) is 8.19. The van der Waals surface area contributed by atoms with Crippen LogP contribution in [0.4, 0.5) is 4.39 Å². The third-order valence-electron chi connectivity index (χ3n) is 4.25. The zero-order valence-corrected chi connectivity index (χ0v) is 14.1. The molecule has 0 fully saturated rings. The summed E-state index contributed by atoms with van der Waals surface area (Å²) in [5.41, 5.74) is 1.12. The first-order chi connectivity index (χ1) is 10.7. The van der Waals surface area contributed by atoms with Crippen LogP contribution in [0.15, 0.2) is 24.4 Å². The number of amides is 1. The first-order valence-corrected chi connectivity index (χ1v) is 7.91. The van der Waals surface area contributed by atoms with E-state index in [9.17, 15) is 14.3 Å². The van der Waals surface area contributed by atoms with Crippen LogP contribution < -0.4 is 5.32 Å². The number of aliphatic hydroxyl groups excluding tert-OH is 1. The molecule has 0 radical (unpaired) electrons.